The van der Waals surface area contributed by atoms with Gasteiger partial charge in [0.2, 0.25) is 15.9 Å². The van der Waals surface area contributed by atoms with Crippen LogP contribution >= 0.6 is 11.6 Å². The Kier molecular flexibility index (Phi) is 6.87. The number of nitrogens with one attached hydrogen (secondary N) is 1. The second-order valence-electron chi connectivity index (χ2n) is 10.2. The lowest BCUT2D eigenvalue weighted by molar-refractivity contribution is -0.142. The summed E-state index contributed by atoms with van der Waals surface area (Å²) in [5.41, 5.74) is -0.580. The normalized spacial score (nSPS) is 26.6. The minimum Gasteiger partial charge on any atom is -0.337 e. The number of nitrogens with zero attached hydrogens (tertiary/aromatic N) is 2. The Bertz CT molecular complexity index is 1230. The second-order valence-corrected chi connectivity index (χ2v) is 12.4. The number of benzene rings is 2. The molecule has 0 radical (unpaired) electrons. The van der Waals surface area contributed by atoms with Crippen LogP contribution in [0.25, 0.3) is 0 Å². The zero-order chi connectivity index (χ0) is 25.7. The van der Waals surface area contributed by atoms with E-state index in [9.17, 15) is 22.0 Å². The van der Waals surface area contributed by atoms with Crippen LogP contribution in [-0.2, 0) is 14.8 Å². The van der Waals surface area contributed by atoms with E-state index in [0.29, 0.717) is 56.8 Å². The minimum absolute atomic E-state index is 0.00162. The van der Waals surface area contributed by atoms with Crippen LogP contribution in [0.15, 0.2) is 47.4 Å². The van der Waals surface area contributed by atoms with Gasteiger partial charge in [-0.05, 0) is 81.0 Å². The average molecular weight is 538 g/mol. The summed E-state index contributed by atoms with van der Waals surface area (Å²) in [6.45, 7) is 3.93. The molecule has 6 nitrogen and oxygen atoms in total. The van der Waals surface area contributed by atoms with Gasteiger partial charge in [-0.1, -0.05) is 11.6 Å². The van der Waals surface area contributed by atoms with E-state index in [1.807, 2.05) is 11.8 Å². The number of hydrogen-bond donors (Lipinski definition) is 1. The molecule has 2 aliphatic heterocycles. The molecule has 194 valence electrons. The van der Waals surface area contributed by atoms with Gasteiger partial charge in [-0.15, -0.1) is 0 Å². The van der Waals surface area contributed by atoms with Gasteiger partial charge in [-0.25, -0.2) is 17.2 Å². The van der Waals surface area contributed by atoms with E-state index >= 15 is 0 Å². The van der Waals surface area contributed by atoms with Gasteiger partial charge in [0, 0.05) is 42.8 Å². The van der Waals surface area contributed by atoms with Crippen LogP contribution in [0.2, 0.25) is 5.02 Å². The van der Waals surface area contributed by atoms with Crippen LogP contribution in [0.5, 0.6) is 0 Å². The van der Waals surface area contributed by atoms with Crippen molar-refractivity contribution in [3.8, 4) is 0 Å². The number of carbonyl (C=O) groups is 1. The van der Waals surface area contributed by atoms with E-state index in [1.165, 1.54) is 40.7 Å². The first kappa shape index (κ1) is 25.6. The number of sulfonamides is 1. The Balaban J connectivity index is 1.60. The molecule has 2 aromatic carbocycles. The van der Waals surface area contributed by atoms with E-state index < -0.39 is 39.2 Å². The van der Waals surface area contributed by atoms with Crippen molar-refractivity contribution in [2.24, 2.45) is 5.41 Å². The third-order valence-electron chi connectivity index (χ3n) is 7.84. The molecule has 0 unspecified atom stereocenters. The highest BCUT2D eigenvalue weighted by molar-refractivity contribution is 7.89. The number of piperidine rings is 1. The summed E-state index contributed by atoms with van der Waals surface area (Å²) in [6, 6.07) is 7.65. The maximum Gasteiger partial charge on any atom is 0.243 e. The molecule has 2 heterocycles. The molecule has 0 aromatic heterocycles. The molecule has 1 aliphatic carbocycles. The van der Waals surface area contributed by atoms with Gasteiger partial charge in [-0.2, -0.15) is 4.31 Å². The van der Waals surface area contributed by atoms with Crippen LogP contribution < -0.4 is 5.32 Å². The maximum absolute atomic E-state index is 14.2. The Morgan fingerprint density at radius 2 is 1.75 bits per heavy atom. The molecule has 2 saturated heterocycles. The van der Waals surface area contributed by atoms with Crippen LogP contribution in [0, 0.1) is 17.0 Å². The smallest absolute Gasteiger partial charge is 0.243 e. The molecule has 3 aliphatic rings. The first-order chi connectivity index (χ1) is 17.1. The first-order valence-electron chi connectivity index (χ1n) is 12.4. The summed E-state index contributed by atoms with van der Waals surface area (Å²) in [6.07, 6.45) is 2.73. The summed E-state index contributed by atoms with van der Waals surface area (Å²) in [4.78, 5) is 15.8. The fourth-order valence-corrected chi connectivity index (χ4v) is 7.95. The molecular formula is C26H30ClF2N3O3S. The van der Waals surface area contributed by atoms with Crippen LogP contribution in [0.3, 0.4) is 0 Å². The number of amides is 1. The number of rotatable bonds is 5. The molecule has 3 fully saturated rings. The van der Waals surface area contributed by atoms with Crippen molar-refractivity contribution >= 4 is 27.5 Å². The Hall–Kier alpha value is -2.07. The largest absolute Gasteiger partial charge is 0.337 e. The van der Waals surface area contributed by atoms with Crippen molar-refractivity contribution in [3.05, 3.63) is 64.7 Å². The van der Waals surface area contributed by atoms with Crippen LogP contribution in [-0.4, -0.2) is 55.2 Å². The molecule has 2 aromatic rings. The summed E-state index contributed by atoms with van der Waals surface area (Å²) >= 11 is 6.01. The van der Waals surface area contributed by atoms with E-state index in [2.05, 4.69) is 5.32 Å². The number of carbonyl (C=O) groups excluding carboxylic acids is 1. The first-order valence-corrected chi connectivity index (χ1v) is 14.2. The molecule has 0 spiro atoms. The molecule has 1 amide bonds. The van der Waals surface area contributed by atoms with Crippen molar-refractivity contribution in [2.75, 3.05) is 19.6 Å². The Labute approximate surface area is 215 Å². The maximum atomic E-state index is 14.2. The number of piperazine rings is 1. The van der Waals surface area contributed by atoms with Crippen molar-refractivity contribution in [3.63, 3.8) is 0 Å². The molecule has 36 heavy (non-hydrogen) atoms. The summed E-state index contributed by atoms with van der Waals surface area (Å²) in [7, 11) is -4.13. The molecule has 3 atom stereocenters. The van der Waals surface area contributed by atoms with Crippen molar-refractivity contribution < 1.29 is 22.0 Å². The quantitative estimate of drug-likeness (QED) is 0.609. The highest BCUT2D eigenvalue weighted by atomic mass is 35.5. The lowest BCUT2D eigenvalue weighted by Crippen LogP contribution is -2.59. The lowest BCUT2D eigenvalue weighted by Gasteiger charge is -2.46. The molecule has 1 saturated carbocycles. The van der Waals surface area contributed by atoms with E-state index in [4.69, 9.17) is 11.6 Å². The van der Waals surface area contributed by atoms with E-state index in [1.54, 1.807) is 0 Å². The second kappa shape index (κ2) is 9.67. The van der Waals surface area contributed by atoms with Crippen molar-refractivity contribution in [1.29, 1.82) is 0 Å². The van der Waals surface area contributed by atoms with Crippen molar-refractivity contribution in [1.82, 2.24) is 14.5 Å². The Morgan fingerprint density at radius 3 is 2.36 bits per heavy atom. The predicted molar refractivity (Wildman–Crippen MR) is 133 cm³/mol. The highest BCUT2D eigenvalue weighted by Gasteiger charge is 2.62. The third-order valence-corrected chi connectivity index (χ3v) is 10.0. The summed E-state index contributed by atoms with van der Waals surface area (Å²) < 4.78 is 58.2. The minimum atomic E-state index is -4.13. The SMILES string of the molecule is C[C@H]1CNCCN1C(=O)C1([C@H]2CCC[C@@H](c3cc(F)cc(F)c3)N2S(=O)(=O)c2ccc(Cl)cc2)CC1. The van der Waals surface area contributed by atoms with Gasteiger partial charge < -0.3 is 10.2 Å². The summed E-state index contributed by atoms with van der Waals surface area (Å²) in [5.74, 6) is -1.55. The molecule has 0 bridgehead atoms. The van der Waals surface area contributed by atoms with Crippen LogP contribution in [0.4, 0.5) is 8.78 Å². The van der Waals surface area contributed by atoms with Gasteiger partial charge in [0.1, 0.15) is 11.6 Å². The number of halogens is 3. The third kappa shape index (κ3) is 4.55. The monoisotopic (exact) mass is 537 g/mol. The standard InChI is InChI=1S/C26H30ClF2N3O3S/c1-17-16-30-11-12-31(17)25(33)26(9-10-26)24-4-2-3-23(18-13-20(28)15-21(29)14-18)32(24)36(34,35)22-7-5-19(27)6-8-22/h5-8,13-15,17,23-24,30H,2-4,9-12,16H2,1H3/t17-,23-,24+/m0/s1. The molecule has 5 rings (SSSR count). The van der Waals surface area contributed by atoms with Gasteiger partial charge in [-0.3, -0.25) is 4.79 Å². The van der Waals surface area contributed by atoms with Gasteiger partial charge >= 0.3 is 0 Å². The fraction of sp³-hybridized carbons (Fsp3) is 0.500. The zero-order valence-corrected chi connectivity index (χ0v) is 21.7. The predicted octanol–water partition coefficient (Wildman–Crippen LogP) is 4.50. The Morgan fingerprint density at radius 1 is 1.08 bits per heavy atom. The van der Waals surface area contributed by atoms with E-state index in [0.717, 1.165) is 6.07 Å². The lowest BCUT2D eigenvalue weighted by atomic mass is 9.83. The summed E-state index contributed by atoms with van der Waals surface area (Å²) in [5, 5.41) is 3.68. The van der Waals surface area contributed by atoms with Gasteiger partial charge in [0.25, 0.3) is 0 Å². The van der Waals surface area contributed by atoms with Gasteiger partial charge in [0.15, 0.2) is 0 Å². The fourth-order valence-electron chi connectivity index (χ4n) is 5.89. The van der Waals surface area contributed by atoms with Crippen molar-refractivity contribution in [2.45, 2.75) is 62.0 Å². The van der Waals surface area contributed by atoms with Gasteiger partial charge in [0.05, 0.1) is 16.4 Å². The molecule has 1 N–H and O–H groups in total. The topological polar surface area (TPSA) is 69.7 Å². The van der Waals surface area contributed by atoms with E-state index in [-0.39, 0.29) is 22.4 Å². The molecule has 10 heteroatoms. The average Bonchev–Trinajstić information content (AvgIpc) is 3.65. The van der Waals surface area contributed by atoms with Crippen LogP contribution in [0.1, 0.15) is 50.6 Å². The molecular weight excluding hydrogens is 508 g/mol. The zero-order valence-electron chi connectivity index (χ0n) is 20.1. The number of hydrogen-bond acceptors (Lipinski definition) is 4. The highest BCUT2D eigenvalue weighted by Crippen LogP contribution is 2.57.